The molecular formula is C32H37N3O5S. The number of aromatic amines is 1. The molecule has 2 heterocycles. The summed E-state index contributed by atoms with van der Waals surface area (Å²) in [6.45, 7) is 7.52. The Hall–Kier alpha value is -3.82. The van der Waals surface area contributed by atoms with Gasteiger partial charge in [0.1, 0.15) is 17.3 Å². The molecule has 9 heteroatoms. The molecule has 1 amide bonds. The fourth-order valence-corrected chi connectivity index (χ4v) is 6.15. The summed E-state index contributed by atoms with van der Waals surface area (Å²) in [5.41, 5.74) is 4.41. The number of rotatable bonds is 8. The van der Waals surface area contributed by atoms with Crippen LogP contribution in [0.3, 0.4) is 0 Å². The van der Waals surface area contributed by atoms with E-state index in [4.69, 9.17) is 9.47 Å². The predicted octanol–water partition coefficient (Wildman–Crippen LogP) is 5.89. The molecule has 3 aromatic carbocycles. The zero-order valence-electron chi connectivity index (χ0n) is 23.9. The fourth-order valence-electron chi connectivity index (χ4n) is 5.07. The molecular weight excluding hydrogens is 538 g/mol. The van der Waals surface area contributed by atoms with Gasteiger partial charge < -0.3 is 25.1 Å². The lowest BCUT2D eigenvalue weighted by Gasteiger charge is -2.23. The van der Waals surface area contributed by atoms with E-state index in [2.05, 4.69) is 36.4 Å². The van der Waals surface area contributed by atoms with E-state index >= 15 is 0 Å². The number of hydrogen-bond donors (Lipinski definition) is 3. The first-order valence-electron chi connectivity index (χ1n) is 13.8. The number of methoxy groups -OCH3 is 1. The van der Waals surface area contributed by atoms with Crippen LogP contribution < -0.4 is 15.4 Å². The van der Waals surface area contributed by atoms with Gasteiger partial charge in [0.15, 0.2) is 9.84 Å². The van der Waals surface area contributed by atoms with Crippen molar-refractivity contribution in [2.45, 2.75) is 50.0 Å². The topological polar surface area (TPSA) is 110 Å². The monoisotopic (exact) mass is 575 g/mol. The molecule has 0 saturated carbocycles. The molecule has 216 valence electrons. The van der Waals surface area contributed by atoms with E-state index in [1.807, 2.05) is 54.6 Å². The van der Waals surface area contributed by atoms with Gasteiger partial charge in [-0.25, -0.2) is 8.42 Å². The van der Waals surface area contributed by atoms with Gasteiger partial charge in [0.25, 0.3) is 5.91 Å². The van der Waals surface area contributed by atoms with E-state index in [-0.39, 0.29) is 28.1 Å². The average Bonchev–Trinajstić information content (AvgIpc) is 3.35. The van der Waals surface area contributed by atoms with Crippen LogP contribution in [0.5, 0.6) is 5.75 Å². The van der Waals surface area contributed by atoms with Gasteiger partial charge in [0.05, 0.1) is 12.0 Å². The molecule has 8 nitrogen and oxygen atoms in total. The first-order valence-corrected chi connectivity index (χ1v) is 15.5. The van der Waals surface area contributed by atoms with Crippen molar-refractivity contribution in [3.8, 4) is 16.9 Å². The smallest absolute Gasteiger partial charge is 0.268 e. The van der Waals surface area contributed by atoms with Crippen LogP contribution in [0.25, 0.3) is 22.0 Å². The van der Waals surface area contributed by atoms with E-state index in [1.54, 1.807) is 19.2 Å². The number of sulfone groups is 1. The van der Waals surface area contributed by atoms with Crippen LogP contribution in [0.1, 0.15) is 49.7 Å². The number of ether oxygens (including phenoxy) is 2. The average molecular weight is 576 g/mol. The minimum absolute atomic E-state index is 0.0423. The largest absolute Gasteiger partial charge is 0.497 e. The highest BCUT2D eigenvalue weighted by Gasteiger charge is 2.24. The molecule has 0 aliphatic carbocycles. The summed E-state index contributed by atoms with van der Waals surface area (Å²) in [5.74, 6) is 0.218. The molecule has 0 atom stereocenters. The molecule has 0 spiro atoms. The van der Waals surface area contributed by atoms with Crippen molar-refractivity contribution >= 4 is 32.3 Å². The van der Waals surface area contributed by atoms with E-state index < -0.39 is 9.84 Å². The first kappa shape index (κ1) is 28.7. The molecule has 4 aromatic rings. The summed E-state index contributed by atoms with van der Waals surface area (Å²) < 4.78 is 37.1. The maximum absolute atomic E-state index is 13.5. The van der Waals surface area contributed by atoms with Crippen molar-refractivity contribution in [1.82, 2.24) is 10.3 Å². The number of amides is 1. The Balaban J connectivity index is 1.46. The van der Waals surface area contributed by atoms with E-state index in [9.17, 15) is 13.2 Å². The Morgan fingerprint density at radius 2 is 1.76 bits per heavy atom. The second kappa shape index (κ2) is 11.6. The number of carbonyl (C=O) groups is 1. The summed E-state index contributed by atoms with van der Waals surface area (Å²) in [7, 11) is -1.98. The fraction of sp³-hybridized carbons (Fsp3) is 0.344. The quantitative estimate of drug-likeness (QED) is 0.242. The Bertz CT molecular complexity index is 1650. The summed E-state index contributed by atoms with van der Waals surface area (Å²) in [5, 5.41) is 7.03. The molecule has 1 aliphatic rings. The van der Waals surface area contributed by atoms with Crippen molar-refractivity contribution < 1.29 is 22.7 Å². The highest BCUT2D eigenvalue weighted by Crippen LogP contribution is 2.36. The van der Waals surface area contributed by atoms with Gasteiger partial charge in [-0.05, 0) is 71.8 Å². The molecule has 0 bridgehead atoms. The zero-order valence-corrected chi connectivity index (χ0v) is 24.7. The van der Waals surface area contributed by atoms with Crippen molar-refractivity contribution in [1.29, 1.82) is 0 Å². The summed E-state index contributed by atoms with van der Waals surface area (Å²) >= 11 is 0. The van der Waals surface area contributed by atoms with Crippen LogP contribution >= 0.6 is 0 Å². The number of carbonyl (C=O) groups excluding carboxylic acids is 1. The first-order chi connectivity index (χ1) is 19.5. The molecule has 1 aromatic heterocycles. The molecule has 1 fully saturated rings. The van der Waals surface area contributed by atoms with Crippen LogP contribution in [0.4, 0.5) is 5.69 Å². The number of aromatic nitrogens is 1. The summed E-state index contributed by atoms with van der Waals surface area (Å²) in [6.07, 6.45) is 1.53. The number of nitrogens with one attached hydrogen (secondary N) is 3. The van der Waals surface area contributed by atoms with Gasteiger partial charge in [-0.3, -0.25) is 4.79 Å². The van der Waals surface area contributed by atoms with Crippen molar-refractivity contribution in [3.63, 3.8) is 0 Å². The predicted molar refractivity (Wildman–Crippen MR) is 162 cm³/mol. The molecule has 1 saturated heterocycles. The molecule has 1 aliphatic heterocycles. The molecule has 0 radical (unpaired) electrons. The third kappa shape index (κ3) is 6.41. The number of fused-ring (bicyclic) bond motifs is 1. The summed E-state index contributed by atoms with van der Waals surface area (Å²) in [4.78, 5) is 17.1. The third-order valence-electron chi connectivity index (χ3n) is 7.49. The van der Waals surface area contributed by atoms with Crippen LogP contribution in [-0.2, 0) is 20.0 Å². The number of anilines is 1. The standard InChI is InChI=1S/C32H37N3O5S/c1-32(2,3)22-8-11-26(12-9-22)41(37,38)20-33-24-10-13-28-27(19-24)29(21-6-5-7-25(18-21)39-4)30(35-28)31(36)34-23-14-16-40-17-15-23/h5-13,18-19,23,33,35H,14-17,20H2,1-4H3,(H,34,36). The number of hydrogen-bond acceptors (Lipinski definition) is 6. The van der Waals surface area contributed by atoms with Crippen LogP contribution in [0.15, 0.2) is 71.6 Å². The molecule has 3 N–H and O–H groups in total. The number of H-pyrrole nitrogens is 1. The van der Waals surface area contributed by atoms with Crippen LogP contribution in [-0.4, -0.2) is 51.6 Å². The Morgan fingerprint density at radius 3 is 2.44 bits per heavy atom. The molecule has 0 unspecified atom stereocenters. The minimum atomic E-state index is -3.58. The second-order valence-corrected chi connectivity index (χ2v) is 13.4. The van der Waals surface area contributed by atoms with E-state index in [1.165, 1.54) is 0 Å². The third-order valence-corrected chi connectivity index (χ3v) is 9.00. The van der Waals surface area contributed by atoms with Crippen molar-refractivity contribution in [3.05, 3.63) is 78.0 Å². The van der Waals surface area contributed by atoms with E-state index in [0.717, 1.165) is 40.4 Å². The van der Waals surface area contributed by atoms with Gasteiger partial charge in [-0.1, -0.05) is 45.0 Å². The van der Waals surface area contributed by atoms with Crippen LogP contribution in [0, 0.1) is 0 Å². The SMILES string of the molecule is COc1cccc(-c2c(C(=O)NC3CCOCC3)[nH]c3ccc(NCS(=O)(=O)c4ccc(C(C)(C)C)cc4)cc23)c1. The van der Waals surface area contributed by atoms with Crippen molar-refractivity contribution in [2.75, 3.05) is 31.5 Å². The number of benzene rings is 3. The van der Waals surface area contributed by atoms with Gasteiger partial charge in [0.2, 0.25) is 0 Å². The maximum Gasteiger partial charge on any atom is 0.268 e. The lowest BCUT2D eigenvalue weighted by Crippen LogP contribution is -2.39. The molecule has 5 rings (SSSR count). The minimum Gasteiger partial charge on any atom is -0.497 e. The summed E-state index contributed by atoms with van der Waals surface area (Å²) in [6, 6.07) is 20.2. The van der Waals surface area contributed by atoms with E-state index in [0.29, 0.717) is 30.3 Å². The highest BCUT2D eigenvalue weighted by atomic mass is 32.2. The van der Waals surface area contributed by atoms with Gasteiger partial charge in [0, 0.05) is 41.4 Å². The highest BCUT2D eigenvalue weighted by molar-refractivity contribution is 7.91. The lowest BCUT2D eigenvalue weighted by atomic mass is 9.87. The Morgan fingerprint density at radius 1 is 1.02 bits per heavy atom. The second-order valence-electron chi connectivity index (χ2n) is 11.4. The molecule has 41 heavy (non-hydrogen) atoms. The maximum atomic E-state index is 13.5. The Kier molecular flexibility index (Phi) is 8.11. The zero-order chi connectivity index (χ0) is 29.2. The van der Waals surface area contributed by atoms with Gasteiger partial charge >= 0.3 is 0 Å². The Labute approximate surface area is 241 Å². The van der Waals surface area contributed by atoms with Crippen molar-refractivity contribution in [2.24, 2.45) is 0 Å². The normalized spacial score (nSPS) is 14.6. The lowest BCUT2D eigenvalue weighted by molar-refractivity contribution is 0.0695. The van der Waals surface area contributed by atoms with Gasteiger partial charge in [-0.2, -0.15) is 0 Å². The van der Waals surface area contributed by atoms with Crippen LogP contribution in [0.2, 0.25) is 0 Å². The van der Waals surface area contributed by atoms with Gasteiger partial charge in [-0.15, -0.1) is 0 Å².